The third kappa shape index (κ3) is 2.23. The van der Waals surface area contributed by atoms with Crippen LogP contribution in [0.3, 0.4) is 0 Å². The molecule has 96 valence electrons. The second-order valence-corrected chi connectivity index (χ2v) is 4.99. The van der Waals surface area contributed by atoms with E-state index in [1.54, 1.807) is 0 Å². The van der Waals surface area contributed by atoms with Gasteiger partial charge >= 0.3 is 5.97 Å². The molecule has 0 radical (unpaired) electrons. The van der Waals surface area contributed by atoms with Crippen molar-refractivity contribution in [3.8, 4) is 0 Å². The fourth-order valence-electron chi connectivity index (χ4n) is 1.94. The molecule has 1 atom stereocenters. The number of rotatable bonds is 4. The number of benzene rings is 1. The highest BCUT2D eigenvalue weighted by Gasteiger charge is 2.57. The van der Waals surface area contributed by atoms with E-state index in [4.69, 9.17) is 5.11 Å². The van der Waals surface area contributed by atoms with Crippen molar-refractivity contribution in [3.05, 3.63) is 35.4 Å². The van der Waals surface area contributed by atoms with Gasteiger partial charge in [0.05, 0.1) is 6.04 Å². The van der Waals surface area contributed by atoms with Gasteiger partial charge < -0.3 is 10.4 Å². The highest BCUT2D eigenvalue weighted by Crippen LogP contribution is 2.46. The first-order chi connectivity index (χ1) is 8.45. The molecule has 1 aliphatic carbocycles. The molecular formula is C14H17NO3. The Morgan fingerprint density at radius 2 is 1.83 bits per heavy atom. The van der Waals surface area contributed by atoms with Crippen LogP contribution in [0.4, 0.5) is 0 Å². The van der Waals surface area contributed by atoms with Crippen LogP contribution in [0.15, 0.2) is 24.3 Å². The van der Waals surface area contributed by atoms with Gasteiger partial charge in [-0.15, -0.1) is 0 Å². The Hall–Kier alpha value is -1.84. The summed E-state index contributed by atoms with van der Waals surface area (Å²) in [6, 6.07) is 7.67. The maximum absolute atomic E-state index is 11.9. The molecule has 1 aliphatic rings. The quantitative estimate of drug-likeness (QED) is 0.800. The number of carboxylic acid groups (broad SMARTS) is 1. The van der Waals surface area contributed by atoms with Crippen molar-refractivity contribution >= 4 is 11.9 Å². The van der Waals surface area contributed by atoms with E-state index in [-0.39, 0.29) is 11.9 Å². The van der Waals surface area contributed by atoms with Crippen LogP contribution in [0, 0.1) is 12.3 Å². The summed E-state index contributed by atoms with van der Waals surface area (Å²) in [6.45, 7) is 3.86. The minimum Gasteiger partial charge on any atom is -0.480 e. The Kier molecular flexibility index (Phi) is 3.11. The smallest absolute Gasteiger partial charge is 0.319 e. The van der Waals surface area contributed by atoms with E-state index in [2.05, 4.69) is 5.32 Å². The zero-order chi connectivity index (χ0) is 13.3. The number of nitrogens with one attached hydrogen (secondary N) is 1. The molecule has 1 fully saturated rings. The van der Waals surface area contributed by atoms with E-state index in [1.165, 1.54) is 0 Å². The summed E-state index contributed by atoms with van der Waals surface area (Å²) in [4.78, 5) is 23.0. The molecule has 4 heteroatoms. The predicted molar refractivity (Wildman–Crippen MR) is 67.0 cm³/mol. The van der Waals surface area contributed by atoms with Crippen LogP contribution in [0.5, 0.6) is 0 Å². The fraction of sp³-hybridized carbons (Fsp3) is 0.429. The molecule has 0 aromatic heterocycles. The predicted octanol–water partition coefficient (Wildman–Crippen LogP) is 2.04. The molecule has 1 aromatic carbocycles. The molecular weight excluding hydrogens is 230 g/mol. The SMILES string of the molecule is Cc1ccc(C(C)NC(=O)C2(C(=O)O)CC2)cc1. The van der Waals surface area contributed by atoms with Gasteiger partial charge in [-0.25, -0.2) is 0 Å². The Morgan fingerprint density at radius 1 is 1.28 bits per heavy atom. The molecule has 0 heterocycles. The number of carboxylic acids is 1. The van der Waals surface area contributed by atoms with Crippen LogP contribution in [0.1, 0.15) is 36.9 Å². The lowest BCUT2D eigenvalue weighted by atomic mass is 10.0. The number of hydrogen-bond donors (Lipinski definition) is 2. The first kappa shape index (κ1) is 12.6. The summed E-state index contributed by atoms with van der Waals surface area (Å²) in [5.41, 5.74) is 0.968. The van der Waals surface area contributed by atoms with Crippen LogP contribution in [-0.4, -0.2) is 17.0 Å². The highest BCUT2D eigenvalue weighted by molar-refractivity contribution is 6.04. The van der Waals surface area contributed by atoms with Crippen LogP contribution in [0.2, 0.25) is 0 Å². The van der Waals surface area contributed by atoms with Gasteiger partial charge in [0, 0.05) is 0 Å². The van der Waals surface area contributed by atoms with Crippen LogP contribution < -0.4 is 5.32 Å². The van der Waals surface area contributed by atoms with Gasteiger partial charge in [0.15, 0.2) is 0 Å². The molecule has 0 aliphatic heterocycles. The summed E-state index contributed by atoms with van der Waals surface area (Å²) < 4.78 is 0. The minimum absolute atomic E-state index is 0.171. The van der Waals surface area contributed by atoms with E-state index in [0.29, 0.717) is 12.8 Å². The lowest BCUT2D eigenvalue weighted by Crippen LogP contribution is -2.38. The van der Waals surface area contributed by atoms with Crippen LogP contribution >= 0.6 is 0 Å². The lowest BCUT2D eigenvalue weighted by molar-refractivity contribution is -0.149. The summed E-state index contributed by atoms with van der Waals surface area (Å²) in [5, 5.41) is 11.8. The van der Waals surface area contributed by atoms with Gasteiger partial charge in [-0.1, -0.05) is 29.8 Å². The number of aryl methyl sites for hydroxylation is 1. The molecule has 1 unspecified atom stereocenters. The molecule has 1 aromatic rings. The molecule has 4 nitrogen and oxygen atoms in total. The fourth-order valence-corrected chi connectivity index (χ4v) is 1.94. The zero-order valence-electron chi connectivity index (χ0n) is 10.6. The first-order valence-electron chi connectivity index (χ1n) is 6.07. The number of carbonyl (C=O) groups is 2. The van der Waals surface area contributed by atoms with Crippen molar-refractivity contribution in [3.63, 3.8) is 0 Å². The minimum atomic E-state index is -1.17. The van der Waals surface area contributed by atoms with E-state index in [0.717, 1.165) is 11.1 Å². The summed E-state index contributed by atoms with van der Waals surface area (Å²) in [7, 11) is 0. The van der Waals surface area contributed by atoms with Gasteiger partial charge in [0.2, 0.25) is 5.91 Å². The molecule has 18 heavy (non-hydrogen) atoms. The molecule has 0 saturated heterocycles. The number of carbonyl (C=O) groups excluding carboxylic acids is 1. The summed E-state index contributed by atoms with van der Waals surface area (Å²) >= 11 is 0. The maximum atomic E-state index is 11.9. The largest absolute Gasteiger partial charge is 0.480 e. The average Bonchev–Trinajstić information content (AvgIpc) is 3.10. The van der Waals surface area contributed by atoms with Crippen molar-refractivity contribution in [1.29, 1.82) is 0 Å². The van der Waals surface area contributed by atoms with Crippen LogP contribution in [0.25, 0.3) is 0 Å². The van der Waals surface area contributed by atoms with E-state index < -0.39 is 11.4 Å². The van der Waals surface area contributed by atoms with Gasteiger partial charge in [0.25, 0.3) is 0 Å². The van der Waals surface area contributed by atoms with Crippen molar-refractivity contribution in [2.75, 3.05) is 0 Å². The van der Waals surface area contributed by atoms with Gasteiger partial charge in [-0.05, 0) is 32.3 Å². The molecule has 1 saturated carbocycles. The Bertz CT molecular complexity index is 474. The first-order valence-corrected chi connectivity index (χ1v) is 6.07. The van der Waals surface area contributed by atoms with E-state index in [1.807, 2.05) is 38.1 Å². The molecule has 2 rings (SSSR count). The second-order valence-electron chi connectivity index (χ2n) is 4.99. The Balaban J connectivity index is 2.04. The monoisotopic (exact) mass is 247 g/mol. The standard InChI is InChI=1S/C14H17NO3/c1-9-3-5-11(6-4-9)10(2)15-12(16)14(7-8-14)13(17)18/h3-6,10H,7-8H2,1-2H3,(H,15,16)(H,17,18). The lowest BCUT2D eigenvalue weighted by Gasteiger charge is -2.17. The average molecular weight is 247 g/mol. The molecule has 1 amide bonds. The summed E-state index contributed by atoms with van der Waals surface area (Å²) in [6.07, 6.45) is 0.879. The molecule has 0 bridgehead atoms. The number of amides is 1. The van der Waals surface area contributed by atoms with Crippen molar-refractivity contribution in [2.24, 2.45) is 5.41 Å². The van der Waals surface area contributed by atoms with Crippen LogP contribution in [-0.2, 0) is 9.59 Å². The third-order valence-corrected chi connectivity index (χ3v) is 3.52. The van der Waals surface area contributed by atoms with Crippen molar-refractivity contribution in [1.82, 2.24) is 5.32 Å². The van der Waals surface area contributed by atoms with Gasteiger partial charge in [-0.3, -0.25) is 9.59 Å². The van der Waals surface area contributed by atoms with Gasteiger partial charge in [-0.2, -0.15) is 0 Å². The molecule has 2 N–H and O–H groups in total. The normalized spacial score (nSPS) is 17.9. The second kappa shape index (κ2) is 4.44. The van der Waals surface area contributed by atoms with E-state index in [9.17, 15) is 9.59 Å². The zero-order valence-corrected chi connectivity index (χ0v) is 10.6. The molecule has 0 spiro atoms. The Morgan fingerprint density at radius 3 is 2.28 bits per heavy atom. The van der Waals surface area contributed by atoms with E-state index >= 15 is 0 Å². The summed E-state index contributed by atoms with van der Waals surface area (Å²) in [5.74, 6) is -1.39. The number of aliphatic carboxylic acids is 1. The topological polar surface area (TPSA) is 66.4 Å². The number of hydrogen-bond acceptors (Lipinski definition) is 2. The third-order valence-electron chi connectivity index (χ3n) is 3.52. The van der Waals surface area contributed by atoms with Gasteiger partial charge in [0.1, 0.15) is 5.41 Å². The van der Waals surface area contributed by atoms with Crippen molar-refractivity contribution in [2.45, 2.75) is 32.7 Å². The maximum Gasteiger partial charge on any atom is 0.319 e. The highest BCUT2D eigenvalue weighted by atomic mass is 16.4. The van der Waals surface area contributed by atoms with Crippen molar-refractivity contribution < 1.29 is 14.7 Å². The Labute approximate surface area is 106 Å².